The molecule has 1 saturated carbocycles. The largest absolute Gasteiger partial charge is 0.241 e. The smallest absolute Gasteiger partial charge is 0.0645 e. The highest BCUT2D eigenvalue weighted by molar-refractivity contribution is 5.35. The molecular formula is C15H18N2. The minimum absolute atomic E-state index is 0.787. The van der Waals surface area contributed by atoms with Gasteiger partial charge in [-0.2, -0.15) is 5.10 Å². The van der Waals surface area contributed by atoms with Gasteiger partial charge in [0.25, 0.3) is 0 Å². The molecule has 0 radical (unpaired) electrons. The molecule has 0 saturated heterocycles. The Morgan fingerprint density at radius 2 is 1.76 bits per heavy atom. The van der Waals surface area contributed by atoms with E-state index in [1.54, 1.807) is 0 Å². The quantitative estimate of drug-likeness (QED) is 0.759. The molecule has 1 fully saturated rings. The van der Waals surface area contributed by atoms with Gasteiger partial charge in [-0.25, -0.2) is 4.68 Å². The summed E-state index contributed by atoms with van der Waals surface area (Å²) in [4.78, 5) is 0. The van der Waals surface area contributed by atoms with Gasteiger partial charge < -0.3 is 0 Å². The summed E-state index contributed by atoms with van der Waals surface area (Å²) in [6.45, 7) is 0. The zero-order chi connectivity index (χ0) is 11.5. The highest BCUT2D eigenvalue weighted by Gasteiger charge is 2.15. The zero-order valence-electron chi connectivity index (χ0n) is 10.0. The van der Waals surface area contributed by atoms with Crippen molar-refractivity contribution < 1.29 is 0 Å². The van der Waals surface area contributed by atoms with Crippen molar-refractivity contribution >= 4 is 0 Å². The van der Waals surface area contributed by atoms with Crippen molar-refractivity contribution in [3.05, 3.63) is 48.3 Å². The van der Waals surface area contributed by atoms with E-state index >= 15 is 0 Å². The fourth-order valence-electron chi connectivity index (χ4n) is 2.76. The average Bonchev–Trinajstić information content (AvgIpc) is 2.94. The first-order valence-corrected chi connectivity index (χ1v) is 6.53. The molecule has 0 aliphatic heterocycles. The predicted molar refractivity (Wildman–Crippen MR) is 69.4 cm³/mol. The lowest BCUT2D eigenvalue weighted by Crippen LogP contribution is -2.04. The Balaban J connectivity index is 1.80. The molecule has 2 nitrogen and oxygen atoms in total. The molecule has 0 spiro atoms. The van der Waals surface area contributed by atoms with Crippen molar-refractivity contribution in [1.82, 2.24) is 9.78 Å². The Bertz CT molecular complexity index is 450. The van der Waals surface area contributed by atoms with E-state index in [-0.39, 0.29) is 0 Å². The highest BCUT2D eigenvalue weighted by Crippen LogP contribution is 2.32. The predicted octanol–water partition coefficient (Wildman–Crippen LogP) is 3.92. The molecule has 0 atom stereocenters. The second-order valence-electron chi connectivity index (χ2n) is 4.88. The van der Waals surface area contributed by atoms with Gasteiger partial charge in [0.1, 0.15) is 0 Å². The SMILES string of the molecule is c1cnn(-c2ccc(C3CCCCC3)cc2)c1. The fraction of sp³-hybridized carbons (Fsp3) is 0.400. The van der Waals surface area contributed by atoms with Crippen LogP contribution in [0, 0.1) is 0 Å². The number of hydrogen-bond acceptors (Lipinski definition) is 1. The molecule has 0 N–H and O–H groups in total. The summed E-state index contributed by atoms with van der Waals surface area (Å²) < 4.78 is 1.91. The van der Waals surface area contributed by atoms with E-state index in [9.17, 15) is 0 Å². The summed E-state index contributed by atoms with van der Waals surface area (Å²) in [6.07, 6.45) is 10.7. The minimum Gasteiger partial charge on any atom is -0.241 e. The second kappa shape index (κ2) is 4.74. The van der Waals surface area contributed by atoms with Crippen molar-refractivity contribution in [3.8, 4) is 5.69 Å². The summed E-state index contributed by atoms with van der Waals surface area (Å²) in [5.74, 6) is 0.787. The van der Waals surface area contributed by atoms with Crippen LogP contribution in [0.4, 0.5) is 0 Å². The molecule has 1 aliphatic carbocycles. The van der Waals surface area contributed by atoms with Gasteiger partial charge in [0.05, 0.1) is 5.69 Å². The van der Waals surface area contributed by atoms with Gasteiger partial charge in [-0.05, 0) is 42.5 Å². The number of benzene rings is 1. The van der Waals surface area contributed by atoms with Crippen LogP contribution in [0.5, 0.6) is 0 Å². The van der Waals surface area contributed by atoms with E-state index < -0.39 is 0 Å². The monoisotopic (exact) mass is 226 g/mol. The van der Waals surface area contributed by atoms with Crippen LogP contribution >= 0.6 is 0 Å². The maximum Gasteiger partial charge on any atom is 0.0645 e. The average molecular weight is 226 g/mol. The minimum atomic E-state index is 0.787. The number of aromatic nitrogens is 2. The molecule has 2 heteroatoms. The zero-order valence-corrected chi connectivity index (χ0v) is 10.0. The summed E-state index contributed by atoms with van der Waals surface area (Å²) in [5, 5.41) is 4.25. The standard InChI is InChI=1S/C15H18N2/c1-2-5-13(6-3-1)14-7-9-15(10-8-14)17-12-4-11-16-17/h4,7-13H,1-3,5-6H2. The number of rotatable bonds is 2. The summed E-state index contributed by atoms with van der Waals surface area (Å²) in [5.41, 5.74) is 2.65. The van der Waals surface area contributed by atoms with E-state index in [1.807, 2.05) is 23.1 Å². The molecule has 0 unspecified atom stereocenters. The highest BCUT2D eigenvalue weighted by atomic mass is 15.3. The maximum absolute atomic E-state index is 4.25. The van der Waals surface area contributed by atoms with Gasteiger partial charge in [-0.15, -0.1) is 0 Å². The van der Waals surface area contributed by atoms with Crippen LogP contribution in [-0.2, 0) is 0 Å². The molecular weight excluding hydrogens is 208 g/mol. The lowest BCUT2D eigenvalue weighted by atomic mass is 9.84. The van der Waals surface area contributed by atoms with Crippen LogP contribution in [0.1, 0.15) is 43.6 Å². The Kier molecular flexibility index (Phi) is 2.95. The molecule has 88 valence electrons. The van der Waals surface area contributed by atoms with Crippen molar-refractivity contribution in [3.63, 3.8) is 0 Å². The van der Waals surface area contributed by atoms with Crippen LogP contribution in [0.15, 0.2) is 42.7 Å². The van der Waals surface area contributed by atoms with Crippen molar-refractivity contribution in [1.29, 1.82) is 0 Å². The van der Waals surface area contributed by atoms with Crippen LogP contribution in [0.25, 0.3) is 5.69 Å². The Morgan fingerprint density at radius 1 is 1.00 bits per heavy atom. The lowest BCUT2D eigenvalue weighted by Gasteiger charge is -2.22. The van der Waals surface area contributed by atoms with Gasteiger partial charge in [-0.3, -0.25) is 0 Å². The van der Waals surface area contributed by atoms with E-state index in [1.165, 1.54) is 37.7 Å². The first-order valence-electron chi connectivity index (χ1n) is 6.53. The van der Waals surface area contributed by atoms with Gasteiger partial charge in [0.2, 0.25) is 0 Å². The van der Waals surface area contributed by atoms with Crippen LogP contribution < -0.4 is 0 Å². The van der Waals surface area contributed by atoms with E-state index in [0.29, 0.717) is 0 Å². The number of hydrogen-bond donors (Lipinski definition) is 0. The van der Waals surface area contributed by atoms with E-state index in [0.717, 1.165) is 11.6 Å². The molecule has 1 aliphatic rings. The van der Waals surface area contributed by atoms with Crippen LogP contribution in [-0.4, -0.2) is 9.78 Å². The van der Waals surface area contributed by atoms with Crippen molar-refractivity contribution in [2.24, 2.45) is 0 Å². The normalized spacial score (nSPS) is 17.2. The van der Waals surface area contributed by atoms with Crippen LogP contribution in [0.2, 0.25) is 0 Å². The summed E-state index contributed by atoms with van der Waals surface area (Å²) in [6, 6.07) is 10.9. The molecule has 1 heterocycles. The number of nitrogens with zero attached hydrogens (tertiary/aromatic N) is 2. The Morgan fingerprint density at radius 3 is 2.41 bits per heavy atom. The Labute approximate surface area is 102 Å². The van der Waals surface area contributed by atoms with Gasteiger partial charge in [0.15, 0.2) is 0 Å². The van der Waals surface area contributed by atoms with Gasteiger partial charge in [0, 0.05) is 12.4 Å². The van der Waals surface area contributed by atoms with Crippen molar-refractivity contribution in [2.45, 2.75) is 38.0 Å². The van der Waals surface area contributed by atoms with Crippen molar-refractivity contribution in [2.75, 3.05) is 0 Å². The molecule has 1 aromatic heterocycles. The third kappa shape index (κ3) is 2.26. The second-order valence-corrected chi connectivity index (χ2v) is 4.88. The first-order chi connectivity index (χ1) is 8.43. The Hall–Kier alpha value is -1.57. The third-order valence-electron chi connectivity index (χ3n) is 3.74. The van der Waals surface area contributed by atoms with Gasteiger partial charge >= 0.3 is 0 Å². The fourth-order valence-corrected chi connectivity index (χ4v) is 2.76. The summed E-state index contributed by atoms with van der Waals surface area (Å²) >= 11 is 0. The van der Waals surface area contributed by atoms with E-state index in [2.05, 4.69) is 29.4 Å². The topological polar surface area (TPSA) is 17.8 Å². The first kappa shape index (κ1) is 10.6. The molecule has 17 heavy (non-hydrogen) atoms. The molecule has 2 aromatic rings. The molecule has 0 bridgehead atoms. The van der Waals surface area contributed by atoms with Crippen LogP contribution in [0.3, 0.4) is 0 Å². The maximum atomic E-state index is 4.25. The van der Waals surface area contributed by atoms with Gasteiger partial charge in [-0.1, -0.05) is 31.4 Å². The third-order valence-corrected chi connectivity index (χ3v) is 3.74. The molecule has 0 amide bonds. The van der Waals surface area contributed by atoms with E-state index in [4.69, 9.17) is 0 Å². The molecule has 1 aromatic carbocycles. The molecule has 3 rings (SSSR count). The lowest BCUT2D eigenvalue weighted by molar-refractivity contribution is 0.443. The summed E-state index contributed by atoms with van der Waals surface area (Å²) in [7, 11) is 0.